The highest BCUT2D eigenvalue weighted by Crippen LogP contribution is 2.24. The SMILES string of the molecule is COc1ccc(NC(=O)CSc2nnc(-c3cc(C)on3)o2)c(C)c1. The number of anilines is 1. The van der Waals surface area contributed by atoms with E-state index < -0.39 is 0 Å². The Labute approximate surface area is 147 Å². The van der Waals surface area contributed by atoms with Crippen molar-refractivity contribution in [1.82, 2.24) is 15.4 Å². The molecule has 2 aromatic heterocycles. The lowest BCUT2D eigenvalue weighted by molar-refractivity contribution is -0.113. The first kappa shape index (κ1) is 17.0. The summed E-state index contributed by atoms with van der Waals surface area (Å²) in [6, 6.07) is 7.14. The van der Waals surface area contributed by atoms with E-state index in [1.165, 1.54) is 0 Å². The van der Waals surface area contributed by atoms with Crippen LogP contribution in [0.15, 0.2) is 38.4 Å². The first-order valence-electron chi connectivity index (χ1n) is 7.39. The summed E-state index contributed by atoms with van der Waals surface area (Å²) < 4.78 is 15.6. The quantitative estimate of drug-likeness (QED) is 0.669. The van der Waals surface area contributed by atoms with E-state index in [-0.39, 0.29) is 22.8 Å². The molecule has 25 heavy (non-hydrogen) atoms. The van der Waals surface area contributed by atoms with Gasteiger partial charge in [-0.05, 0) is 37.6 Å². The van der Waals surface area contributed by atoms with Crippen LogP contribution in [0.5, 0.6) is 5.75 Å². The molecule has 0 unspecified atom stereocenters. The fourth-order valence-electron chi connectivity index (χ4n) is 2.06. The second-order valence-electron chi connectivity index (χ2n) is 5.21. The van der Waals surface area contributed by atoms with Gasteiger partial charge in [-0.15, -0.1) is 10.2 Å². The van der Waals surface area contributed by atoms with Crippen LogP contribution in [0.2, 0.25) is 0 Å². The van der Waals surface area contributed by atoms with Gasteiger partial charge >= 0.3 is 0 Å². The Morgan fingerprint density at radius 1 is 1.28 bits per heavy atom. The van der Waals surface area contributed by atoms with Crippen LogP contribution in [0, 0.1) is 13.8 Å². The molecular formula is C16H16N4O4S. The normalized spacial score (nSPS) is 10.7. The van der Waals surface area contributed by atoms with E-state index in [9.17, 15) is 4.79 Å². The number of aromatic nitrogens is 3. The van der Waals surface area contributed by atoms with Crippen molar-refractivity contribution in [1.29, 1.82) is 0 Å². The summed E-state index contributed by atoms with van der Waals surface area (Å²) in [6.45, 7) is 3.67. The third-order valence-electron chi connectivity index (χ3n) is 3.29. The number of carbonyl (C=O) groups excluding carboxylic acids is 1. The molecule has 0 radical (unpaired) electrons. The lowest BCUT2D eigenvalue weighted by Gasteiger charge is -2.09. The van der Waals surface area contributed by atoms with Crippen LogP contribution in [0.25, 0.3) is 11.6 Å². The molecule has 0 bridgehead atoms. The summed E-state index contributed by atoms with van der Waals surface area (Å²) in [5, 5.41) is 14.7. The Morgan fingerprint density at radius 3 is 2.80 bits per heavy atom. The number of aryl methyl sites for hydroxylation is 2. The third-order valence-corrected chi connectivity index (χ3v) is 4.11. The topological polar surface area (TPSA) is 103 Å². The maximum Gasteiger partial charge on any atom is 0.277 e. The number of methoxy groups -OCH3 is 1. The zero-order chi connectivity index (χ0) is 17.8. The zero-order valence-corrected chi connectivity index (χ0v) is 14.7. The van der Waals surface area contributed by atoms with Gasteiger partial charge in [0.25, 0.3) is 11.1 Å². The van der Waals surface area contributed by atoms with Gasteiger partial charge in [0.2, 0.25) is 5.91 Å². The number of nitrogens with zero attached hydrogens (tertiary/aromatic N) is 3. The number of rotatable bonds is 6. The van der Waals surface area contributed by atoms with Gasteiger partial charge in [0.1, 0.15) is 11.5 Å². The number of thioether (sulfide) groups is 1. The minimum Gasteiger partial charge on any atom is -0.497 e. The van der Waals surface area contributed by atoms with Crippen LogP contribution in [-0.4, -0.2) is 34.1 Å². The highest BCUT2D eigenvalue weighted by atomic mass is 32.2. The third kappa shape index (κ3) is 4.18. The second kappa shape index (κ2) is 7.39. The summed E-state index contributed by atoms with van der Waals surface area (Å²) in [7, 11) is 1.60. The van der Waals surface area contributed by atoms with E-state index in [1.807, 2.05) is 13.0 Å². The van der Waals surface area contributed by atoms with Crippen LogP contribution >= 0.6 is 11.8 Å². The lowest BCUT2D eigenvalue weighted by atomic mass is 10.2. The van der Waals surface area contributed by atoms with Crippen molar-refractivity contribution >= 4 is 23.4 Å². The minimum absolute atomic E-state index is 0.144. The molecule has 3 rings (SSSR count). The summed E-state index contributed by atoms with van der Waals surface area (Å²) >= 11 is 1.15. The highest BCUT2D eigenvalue weighted by Gasteiger charge is 2.14. The van der Waals surface area contributed by atoms with E-state index in [4.69, 9.17) is 13.7 Å². The number of nitrogens with one attached hydrogen (secondary N) is 1. The monoisotopic (exact) mass is 360 g/mol. The van der Waals surface area contributed by atoms with Crippen LogP contribution in [0.3, 0.4) is 0 Å². The minimum atomic E-state index is -0.171. The summed E-state index contributed by atoms with van der Waals surface area (Å²) in [6.07, 6.45) is 0. The fraction of sp³-hybridized carbons (Fsp3) is 0.250. The molecule has 9 heteroatoms. The van der Waals surface area contributed by atoms with Gasteiger partial charge in [0.15, 0.2) is 5.69 Å². The first-order chi connectivity index (χ1) is 12.0. The van der Waals surface area contributed by atoms with E-state index in [0.29, 0.717) is 11.5 Å². The standard InChI is InChI=1S/C16H16N4O4S/c1-9-6-11(22-3)4-5-12(9)17-14(21)8-25-16-19-18-15(23-16)13-7-10(2)24-20-13/h4-7H,8H2,1-3H3,(H,17,21). The molecule has 130 valence electrons. The van der Waals surface area contributed by atoms with Crippen molar-refractivity contribution in [2.75, 3.05) is 18.2 Å². The Kier molecular flexibility index (Phi) is 5.03. The lowest BCUT2D eigenvalue weighted by Crippen LogP contribution is -2.14. The molecule has 1 aromatic carbocycles. The Balaban J connectivity index is 1.57. The van der Waals surface area contributed by atoms with Crippen molar-refractivity contribution in [3.05, 3.63) is 35.6 Å². The predicted molar refractivity (Wildman–Crippen MR) is 91.6 cm³/mol. The molecule has 0 fully saturated rings. The number of benzene rings is 1. The van der Waals surface area contributed by atoms with E-state index in [1.54, 1.807) is 32.2 Å². The molecule has 0 atom stereocenters. The van der Waals surface area contributed by atoms with Gasteiger partial charge in [0, 0.05) is 11.8 Å². The van der Waals surface area contributed by atoms with Crippen molar-refractivity contribution in [2.45, 2.75) is 19.1 Å². The average molecular weight is 360 g/mol. The molecule has 0 saturated heterocycles. The number of ether oxygens (including phenoxy) is 1. The number of hydrogen-bond acceptors (Lipinski definition) is 8. The molecule has 2 heterocycles. The van der Waals surface area contributed by atoms with Crippen LogP contribution in [0.4, 0.5) is 5.69 Å². The molecule has 3 aromatic rings. The van der Waals surface area contributed by atoms with Crippen molar-refractivity contribution < 1.29 is 18.5 Å². The molecule has 0 spiro atoms. The maximum absolute atomic E-state index is 12.1. The number of amides is 1. The summed E-state index contributed by atoms with van der Waals surface area (Å²) in [4.78, 5) is 12.1. The molecule has 0 saturated carbocycles. The first-order valence-corrected chi connectivity index (χ1v) is 8.38. The van der Waals surface area contributed by atoms with Gasteiger partial charge < -0.3 is 19.0 Å². The van der Waals surface area contributed by atoms with Gasteiger partial charge in [-0.25, -0.2) is 0 Å². The van der Waals surface area contributed by atoms with Gasteiger partial charge in [0.05, 0.1) is 12.9 Å². The van der Waals surface area contributed by atoms with Gasteiger partial charge in [-0.2, -0.15) is 0 Å². The Morgan fingerprint density at radius 2 is 2.12 bits per heavy atom. The molecule has 0 aliphatic rings. The fourth-order valence-corrected chi connectivity index (χ4v) is 2.62. The smallest absolute Gasteiger partial charge is 0.277 e. The highest BCUT2D eigenvalue weighted by molar-refractivity contribution is 7.99. The zero-order valence-electron chi connectivity index (χ0n) is 13.9. The molecule has 1 N–H and O–H groups in total. The average Bonchev–Trinajstić information content (AvgIpc) is 3.23. The van der Waals surface area contributed by atoms with E-state index in [0.717, 1.165) is 28.8 Å². The summed E-state index contributed by atoms with van der Waals surface area (Å²) in [5.74, 6) is 1.62. The van der Waals surface area contributed by atoms with Crippen molar-refractivity contribution in [2.24, 2.45) is 0 Å². The van der Waals surface area contributed by atoms with Crippen molar-refractivity contribution in [3.63, 3.8) is 0 Å². The van der Waals surface area contributed by atoms with E-state index >= 15 is 0 Å². The van der Waals surface area contributed by atoms with Crippen molar-refractivity contribution in [3.8, 4) is 17.3 Å². The molecule has 1 amide bonds. The second-order valence-corrected chi connectivity index (χ2v) is 6.14. The largest absolute Gasteiger partial charge is 0.497 e. The van der Waals surface area contributed by atoms with Gasteiger partial charge in [-0.3, -0.25) is 4.79 Å². The van der Waals surface area contributed by atoms with Gasteiger partial charge in [-0.1, -0.05) is 16.9 Å². The van der Waals surface area contributed by atoms with Crippen LogP contribution < -0.4 is 10.1 Å². The predicted octanol–water partition coefficient (Wildman–Crippen LogP) is 3.08. The molecule has 0 aliphatic carbocycles. The Bertz CT molecular complexity index is 890. The number of carbonyl (C=O) groups is 1. The van der Waals surface area contributed by atoms with Crippen LogP contribution in [0.1, 0.15) is 11.3 Å². The maximum atomic E-state index is 12.1. The van der Waals surface area contributed by atoms with Crippen LogP contribution in [-0.2, 0) is 4.79 Å². The molecule has 8 nitrogen and oxygen atoms in total. The molecular weight excluding hydrogens is 344 g/mol. The van der Waals surface area contributed by atoms with E-state index in [2.05, 4.69) is 20.7 Å². The molecule has 0 aliphatic heterocycles. The number of hydrogen-bond donors (Lipinski definition) is 1. The Hall–Kier alpha value is -2.81. The summed E-state index contributed by atoms with van der Waals surface area (Å²) in [5.41, 5.74) is 2.12.